The molecule has 3 rings (SSSR count). The zero-order chi connectivity index (χ0) is 17.3. The number of nitrogens with zero attached hydrogens (tertiary/aromatic N) is 4. The molecule has 1 amide bonds. The van der Waals surface area contributed by atoms with Crippen LogP contribution in [0.3, 0.4) is 0 Å². The smallest absolute Gasteiger partial charge is 0.339 e. The molecule has 1 aromatic heterocycles. The largest absolute Gasteiger partial charge is 0.435 e. The Labute approximate surface area is 139 Å². The maximum absolute atomic E-state index is 12.9. The minimum atomic E-state index is -4.47. The van der Waals surface area contributed by atoms with E-state index in [1.165, 1.54) is 4.68 Å². The molecule has 1 saturated heterocycles. The molecule has 1 aliphatic heterocycles. The van der Waals surface area contributed by atoms with E-state index in [9.17, 15) is 18.0 Å². The van der Waals surface area contributed by atoms with Gasteiger partial charge in [-0.2, -0.15) is 18.3 Å². The first-order chi connectivity index (χ1) is 11.4. The van der Waals surface area contributed by atoms with E-state index in [1.54, 1.807) is 4.90 Å². The van der Waals surface area contributed by atoms with Crippen LogP contribution in [0.4, 0.5) is 13.2 Å². The van der Waals surface area contributed by atoms with Crippen molar-refractivity contribution in [2.75, 3.05) is 32.7 Å². The summed E-state index contributed by atoms with van der Waals surface area (Å²) in [4.78, 5) is 16.5. The van der Waals surface area contributed by atoms with Crippen molar-refractivity contribution >= 4 is 5.91 Å². The van der Waals surface area contributed by atoms with E-state index in [0.29, 0.717) is 18.8 Å². The Bertz CT molecular complexity index is 587. The van der Waals surface area contributed by atoms with Crippen molar-refractivity contribution in [1.82, 2.24) is 19.6 Å². The van der Waals surface area contributed by atoms with E-state index in [0.717, 1.165) is 45.0 Å². The number of piperazine rings is 1. The summed E-state index contributed by atoms with van der Waals surface area (Å²) in [7, 11) is 0. The molecular weight excluding hydrogens is 321 g/mol. The number of amides is 1. The van der Waals surface area contributed by atoms with E-state index in [4.69, 9.17) is 0 Å². The van der Waals surface area contributed by atoms with Crippen LogP contribution in [0, 0.1) is 0 Å². The molecule has 2 fully saturated rings. The molecule has 0 aromatic carbocycles. The van der Waals surface area contributed by atoms with Gasteiger partial charge >= 0.3 is 6.18 Å². The minimum absolute atomic E-state index is 0.101. The fourth-order valence-corrected chi connectivity index (χ4v) is 3.17. The summed E-state index contributed by atoms with van der Waals surface area (Å²) in [6, 6.07) is 1.10. The van der Waals surface area contributed by atoms with E-state index in [-0.39, 0.29) is 18.4 Å². The standard InChI is InChI=1S/C16H23F3N4O/c1-2-5-21-6-8-22(9-7-21)15(24)11-23-13(12-3-4-12)10-14(20-23)16(17,18)19/h10,12H,2-9,11H2,1H3. The Morgan fingerprint density at radius 2 is 1.92 bits per heavy atom. The molecule has 0 unspecified atom stereocenters. The summed E-state index contributed by atoms with van der Waals surface area (Å²) in [5.74, 6) is -0.0346. The van der Waals surface area contributed by atoms with Crippen molar-refractivity contribution in [3.8, 4) is 0 Å². The number of halogens is 3. The lowest BCUT2D eigenvalue weighted by molar-refractivity contribution is -0.142. The number of rotatable bonds is 5. The van der Waals surface area contributed by atoms with Crippen LogP contribution >= 0.6 is 0 Å². The van der Waals surface area contributed by atoms with E-state index in [1.807, 2.05) is 0 Å². The molecule has 1 saturated carbocycles. The summed E-state index contributed by atoms with van der Waals surface area (Å²) in [5.41, 5.74) is -0.356. The highest BCUT2D eigenvalue weighted by Gasteiger charge is 2.38. The Hall–Kier alpha value is -1.57. The van der Waals surface area contributed by atoms with Gasteiger partial charge in [0.05, 0.1) is 0 Å². The summed E-state index contributed by atoms with van der Waals surface area (Å²) in [6.45, 7) is 5.93. The quantitative estimate of drug-likeness (QED) is 0.823. The maximum Gasteiger partial charge on any atom is 0.435 e. The molecule has 24 heavy (non-hydrogen) atoms. The number of carbonyl (C=O) groups is 1. The lowest BCUT2D eigenvalue weighted by atomic mass is 10.2. The molecule has 2 heterocycles. The second-order valence-electron chi connectivity index (χ2n) is 6.61. The topological polar surface area (TPSA) is 41.4 Å². The number of alkyl halides is 3. The Morgan fingerprint density at radius 3 is 2.46 bits per heavy atom. The molecule has 1 aliphatic carbocycles. The zero-order valence-corrected chi connectivity index (χ0v) is 13.8. The van der Waals surface area contributed by atoms with Crippen molar-refractivity contribution in [2.45, 2.75) is 44.8 Å². The van der Waals surface area contributed by atoms with Crippen LogP contribution < -0.4 is 0 Å². The molecule has 5 nitrogen and oxygen atoms in total. The van der Waals surface area contributed by atoms with Gasteiger partial charge in [-0.05, 0) is 31.9 Å². The molecule has 0 spiro atoms. The van der Waals surface area contributed by atoms with E-state index in [2.05, 4.69) is 16.9 Å². The van der Waals surface area contributed by atoms with Crippen LogP contribution in [0.25, 0.3) is 0 Å². The van der Waals surface area contributed by atoms with Crippen molar-refractivity contribution in [1.29, 1.82) is 0 Å². The number of hydrogen-bond acceptors (Lipinski definition) is 3. The maximum atomic E-state index is 12.9. The van der Waals surface area contributed by atoms with E-state index >= 15 is 0 Å². The van der Waals surface area contributed by atoms with Gasteiger partial charge in [-0.1, -0.05) is 6.92 Å². The molecule has 0 bridgehead atoms. The summed E-state index contributed by atoms with van der Waals surface area (Å²) in [6.07, 6.45) is -1.66. The fourth-order valence-electron chi connectivity index (χ4n) is 3.17. The van der Waals surface area contributed by atoms with Crippen LogP contribution in [-0.4, -0.2) is 58.2 Å². The summed E-state index contributed by atoms with van der Waals surface area (Å²) in [5, 5.41) is 3.66. The second kappa shape index (κ2) is 6.74. The van der Waals surface area contributed by atoms with Crippen LogP contribution in [0.15, 0.2) is 6.07 Å². The molecule has 134 valence electrons. The summed E-state index contributed by atoms with van der Waals surface area (Å²) < 4.78 is 40.0. The van der Waals surface area contributed by atoms with Crippen LogP contribution in [0.2, 0.25) is 0 Å². The third-order valence-electron chi connectivity index (χ3n) is 4.65. The predicted molar refractivity (Wildman–Crippen MR) is 82.5 cm³/mol. The van der Waals surface area contributed by atoms with Crippen molar-refractivity contribution in [2.24, 2.45) is 0 Å². The summed E-state index contributed by atoms with van der Waals surface area (Å²) >= 11 is 0. The lowest BCUT2D eigenvalue weighted by Gasteiger charge is -2.34. The molecule has 8 heteroatoms. The molecular formula is C16H23F3N4O. The monoisotopic (exact) mass is 344 g/mol. The second-order valence-corrected chi connectivity index (χ2v) is 6.61. The normalized spacial score (nSPS) is 19.8. The molecule has 0 N–H and O–H groups in total. The highest BCUT2D eigenvalue weighted by molar-refractivity contribution is 5.76. The van der Waals surface area contributed by atoms with Gasteiger partial charge in [-0.25, -0.2) is 0 Å². The number of aromatic nitrogens is 2. The van der Waals surface area contributed by atoms with Gasteiger partial charge in [0.2, 0.25) is 5.91 Å². The molecule has 2 aliphatic rings. The highest BCUT2D eigenvalue weighted by atomic mass is 19.4. The minimum Gasteiger partial charge on any atom is -0.339 e. The zero-order valence-electron chi connectivity index (χ0n) is 13.8. The average Bonchev–Trinajstić information content (AvgIpc) is 3.28. The van der Waals surface area contributed by atoms with E-state index < -0.39 is 11.9 Å². The van der Waals surface area contributed by atoms with Gasteiger partial charge in [0.25, 0.3) is 0 Å². The van der Waals surface area contributed by atoms with Crippen molar-refractivity contribution in [3.05, 3.63) is 17.5 Å². The van der Waals surface area contributed by atoms with Gasteiger partial charge in [0.15, 0.2) is 5.69 Å². The lowest BCUT2D eigenvalue weighted by Crippen LogP contribution is -2.49. The number of carbonyl (C=O) groups excluding carboxylic acids is 1. The third kappa shape index (κ3) is 3.91. The van der Waals surface area contributed by atoms with Crippen molar-refractivity contribution < 1.29 is 18.0 Å². The molecule has 1 aromatic rings. The van der Waals surface area contributed by atoms with Crippen LogP contribution in [0.5, 0.6) is 0 Å². The molecule has 0 atom stereocenters. The highest BCUT2D eigenvalue weighted by Crippen LogP contribution is 2.42. The van der Waals surface area contributed by atoms with Gasteiger partial charge in [-0.3, -0.25) is 14.4 Å². The van der Waals surface area contributed by atoms with Crippen LogP contribution in [-0.2, 0) is 17.5 Å². The molecule has 0 radical (unpaired) electrons. The van der Waals surface area contributed by atoms with Crippen LogP contribution in [0.1, 0.15) is 43.5 Å². The first-order valence-corrected chi connectivity index (χ1v) is 8.53. The van der Waals surface area contributed by atoms with Crippen molar-refractivity contribution in [3.63, 3.8) is 0 Å². The van der Waals surface area contributed by atoms with Gasteiger partial charge in [0, 0.05) is 37.8 Å². The van der Waals surface area contributed by atoms with Gasteiger partial charge in [-0.15, -0.1) is 0 Å². The third-order valence-corrected chi connectivity index (χ3v) is 4.65. The predicted octanol–water partition coefficient (Wildman–Crippen LogP) is 2.33. The Morgan fingerprint density at radius 1 is 1.25 bits per heavy atom. The fraction of sp³-hybridized carbons (Fsp3) is 0.750. The average molecular weight is 344 g/mol. The first-order valence-electron chi connectivity index (χ1n) is 8.53. The van der Waals surface area contributed by atoms with Gasteiger partial charge in [0.1, 0.15) is 6.54 Å². The SMILES string of the molecule is CCCN1CCN(C(=O)Cn2nc(C(F)(F)F)cc2C2CC2)CC1. The van der Waals surface area contributed by atoms with Gasteiger partial charge < -0.3 is 4.90 Å². The Balaban J connectivity index is 1.65. The first kappa shape index (κ1) is 17.3. The Kier molecular flexibility index (Phi) is 4.85. The number of hydrogen-bond donors (Lipinski definition) is 0.